The largest absolute Gasteiger partial charge is 0.490 e. The molecule has 29 heavy (non-hydrogen) atoms. The summed E-state index contributed by atoms with van der Waals surface area (Å²) in [6, 6.07) is 10.4. The predicted molar refractivity (Wildman–Crippen MR) is 128 cm³/mol. The van der Waals surface area contributed by atoms with Gasteiger partial charge in [-0.25, -0.2) is 0 Å². The van der Waals surface area contributed by atoms with Gasteiger partial charge in [0.25, 0.3) is 0 Å². The van der Waals surface area contributed by atoms with E-state index in [-0.39, 0.29) is 36.0 Å². The maximum absolute atomic E-state index is 12.2. The SMILES string of the molecule is CN=C(NCCC(=O)NC1CCCCC1)N1CCC(Oc2ccccc2)CC1.I. The molecule has 6 nitrogen and oxygen atoms in total. The highest BCUT2D eigenvalue weighted by atomic mass is 127. The molecule has 1 aliphatic carbocycles. The molecule has 0 aromatic heterocycles. The lowest BCUT2D eigenvalue weighted by atomic mass is 9.95. The van der Waals surface area contributed by atoms with Crippen molar-refractivity contribution < 1.29 is 9.53 Å². The molecule has 1 aromatic rings. The van der Waals surface area contributed by atoms with Crippen molar-refractivity contribution >= 4 is 35.8 Å². The Labute approximate surface area is 191 Å². The van der Waals surface area contributed by atoms with Crippen LogP contribution in [0.2, 0.25) is 0 Å². The van der Waals surface area contributed by atoms with E-state index in [0.29, 0.717) is 19.0 Å². The van der Waals surface area contributed by atoms with Crippen LogP contribution in [0.15, 0.2) is 35.3 Å². The number of ether oxygens (including phenoxy) is 1. The molecule has 1 heterocycles. The van der Waals surface area contributed by atoms with E-state index >= 15 is 0 Å². The van der Waals surface area contributed by atoms with Crippen LogP contribution in [0.1, 0.15) is 51.4 Å². The number of guanidine groups is 1. The molecule has 3 rings (SSSR count). The summed E-state index contributed by atoms with van der Waals surface area (Å²) < 4.78 is 6.06. The van der Waals surface area contributed by atoms with Crippen LogP contribution in [0.4, 0.5) is 0 Å². The van der Waals surface area contributed by atoms with Crippen LogP contribution >= 0.6 is 24.0 Å². The Morgan fingerprint density at radius 3 is 2.45 bits per heavy atom. The van der Waals surface area contributed by atoms with E-state index in [2.05, 4.69) is 20.5 Å². The third-order valence-corrected chi connectivity index (χ3v) is 5.60. The number of hydrogen-bond acceptors (Lipinski definition) is 3. The topological polar surface area (TPSA) is 66.0 Å². The molecule has 0 radical (unpaired) electrons. The number of piperidine rings is 1. The number of nitrogens with one attached hydrogen (secondary N) is 2. The van der Waals surface area contributed by atoms with Gasteiger partial charge in [-0.05, 0) is 25.0 Å². The van der Waals surface area contributed by atoms with E-state index in [4.69, 9.17) is 4.74 Å². The first-order valence-electron chi connectivity index (χ1n) is 10.7. The van der Waals surface area contributed by atoms with Gasteiger partial charge in [0.15, 0.2) is 5.96 Å². The van der Waals surface area contributed by atoms with Gasteiger partial charge >= 0.3 is 0 Å². The van der Waals surface area contributed by atoms with Crippen molar-refractivity contribution in [1.29, 1.82) is 0 Å². The molecule has 2 N–H and O–H groups in total. The number of benzene rings is 1. The fraction of sp³-hybridized carbons (Fsp3) is 0.636. The Morgan fingerprint density at radius 1 is 1.10 bits per heavy atom. The number of carbonyl (C=O) groups is 1. The summed E-state index contributed by atoms with van der Waals surface area (Å²) in [5.41, 5.74) is 0. The first-order chi connectivity index (χ1) is 13.7. The maximum atomic E-state index is 12.2. The minimum Gasteiger partial charge on any atom is -0.490 e. The molecule has 0 unspecified atom stereocenters. The van der Waals surface area contributed by atoms with Gasteiger partial charge < -0.3 is 20.3 Å². The second kappa shape index (κ2) is 12.9. The lowest BCUT2D eigenvalue weighted by Gasteiger charge is -2.34. The summed E-state index contributed by atoms with van der Waals surface area (Å²) in [5, 5.41) is 6.52. The van der Waals surface area contributed by atoms with Crippen LogP contribution in [0.3, 0.4) is 0 Å². The van der Waals surface area contributed by atoms with Crippen LogP contribution in [0, 0.1) is 0 Å². The Balaban J connectivity index is 0.00000300. The minimum absolute atomic E-state index is 0. The Morgan fingerprint density at radius 2 is 1.79 bits per heavy atom. The lowest BCUT2D eigenvalue weighted by molar-refractivity contribution is -0.121. The zero-order valence-electron chi connectivity index (χ0n) is 17.4. The highest BCUT2D eigenvalue weighted by Crippen LogP contribution is 2.19. The van der Waals surface area contributed by atoms with Gasteiger partial charge in [0.05, 0.1) is 0 Å². The van der Waals surface area contributed by atoms with E-state index in [0.717, 1.165) is 50.5 Å². The van der Waals surface area contributed by atoms with Crippen molar-refractivity contribution in [3.8, 4) is 5.75 Å². The number of carbonyl (C=O) groups excluding carboxylic acids is 1. The summed E-state index contributed by atoms with van der Waals surface area (Å²) in [6.07, 6.45) is 8.70. The molecule has 1 aliphatic heterocycles. The van der Waals surface area contributed by atoms with Crippen molar-refractivity contribution in [3.05, 3.63) is 30.3 Å². The number of hydrogen-bond donors (Lipinski definition) is 2. The van der Waals surface area contributed by atoms with Crippen LogP contribution in [0.5, 0.6) is 5.75 Å². The molecule has 1 saturated heterocycles. The summed E-state index contributed by atoms with van der Waals surface area (Å²) in [4.78, 5) is 18.8. The molecule has 0 spiro atoms. The van der Waals surface area contributed by atoms with Crippen molar-refractivity contribution in [2.75, 3.05) is 26.7 Å². The van der Waals surface area contributed by atoms with Crippen molar-refractivity contribution in [3.63, 3.8) is 0 Å². The van der Waals surface area contributed by atoms with Gasteiger partial charge in [0, 0.05) is 52.0 Å². The van der Waals surface area contributed by atoms with Gasteiger partial charge in [-0.3, -0.25) is 9.79 Å². The Kier molecular flexibility index (Phi) is 10.6. The monoisotopic (exact) mass is 514 g/mol. The predicted octanol–water partition coefficient (Wildman–Crippen LogP) is 3.56. The van der Waals surface area contributed by atoms with E-state index < -0.39 is 0 Å². The standard InChI is InChI=1S/C22H34N4O2.HI/c1-23-22(24-15-12-21(27)25-18-8-4-2-5-9-18)26-16-13-20(14-17-26)28-19-10-6-3-7-11-19;/h3,6-7,10-11,18,20H,2,4-5,8-9,12-17H2,1H3,(H,23,24)(H,25,27);1H. The number of likely N-dealkylation sites (tertiary alicyclic amines) is 1. The van der Waals surface area contributed by atoms with Gasteiger partial charge in [-0.1, -0.05) is 37.5 Å². The number of nitrogens with zero attached hydrogens (tertiary/aromatic N) is 2. The highest BCUT2D eigenvalue weighted by Gasteiger charge is 2.23. The number of halogens is 1. The van der Waals surface area contributed by atoms with Gasteiger partial charge in [0.1, 0.15) is 11.9 Å². The zero-order valence-corrected chi connectivity index (χ0v) is 19.8. The zero-order chi connectivity index (χ0) is 19.6. The third kappa shape index (κ3) is 8.03. The fourth-order valence-electron chi connectivity index (χ4n) is 4.04. The van der Waals surface area contributed by atoms with Gasteiger partial charge in [0.2, 0.25) is 5.91 Å². The van der Waals surface area contributed by atoms with Crippen LogP contribution in [0.25, 0.3) is 0 Å². The molecule has 0 bridgehead atoms. The lowest BCUT2D eigenvalue weighted by Crippen LogP contribution is -2.48. The second-order valence-electron chi connectivity index (χ2n) is 7.74. The summed E-state index contributed by atoms with van der Waals surface area (Å²) in [6.45, 7) is 2.43. The number of aliphatic imine (C=N–C) groups is 1. The molecular weight excluding hydrogens is 479 g/mol. The number of rotatable bonds is 6. The average Bonchev–Trinajstić information content (AvgIpc) is 2.73. The number of amides is 1. The van der Waals surface area contributed by atoms with E-state index in [1.54, 1.807) is 7.05 Å². The molecule has 2 fully saturated rings. The molecule has 7 heteroatoms. The highest BCUT2D eigenvalue weighted by molar-refractivity contribution is 14.0. The Hall–Kier alpha value is -1.51. The average molecular weight is 514 g/mol. The number of para-hydroxylation sites is 1. The van der Waals surface area contributed by atoms with Crippen LogP contribution in [-0.2, 0) is 4.79 Å². The summed E-state index contributed by atoms with van der Waals surface area (Å²) in [7, 11) is 1.80. The fourth-order valence-corrected chi connectivity index (χ4v) is 4.04. The van der Waals surface area contributed by atoms with Crippen molar-refractivity contribution in [2.45, 2.75) is 63.5 Å². The van der Waals surface area contributed by atoms with Crippen LogP contribution in [-0.4, -0.2) is 55.6 Å². The van der Waals surface area contributed by atoms with Crippen molar-refractivity contribution in [2.24, 2.45) is 4.99 Å². The first-order valence-corrected chi connectivity index (χ1v) is 10.7. The maximum Gasteiger partial charge on any atom is 0.221 e. The molecular formula is C22H35IN4O2. The van der Waals surface area contributed by atoms with E-state index in [9.17, 15) is 4.79 Å². The van der Waals surface area contributed by atoms with Gasteiger partial charge in [-0.15, -0.1) is 24.0 Å². The molecule has 0 atom stereocenters. The van der Waals surface area contributed by atoms with E-state index in [1.165, 1.54) is 19.3 Å². The van der Waals surface area contributed by atoms with E-state index in [1.807, 2.05) is 30.3 Å². The smallest absolute Gasteiger partial charge is 0.221 e. The Bertz CT molecular complexity index is 627. The normalized spacial score (nSPS) is 18.7. The molecule has 2 aliphatic rings. The summed E-state index contributed by atoms with van der Waals surface area (Å²) >= 11 is 0. The quantitative estimate of drug-likeness (QED) is 0.346. The molecule has 162 valence electrons. The summed E-state index contributed by atoms with van der Waals surface area (Å²) in [5.74, 6) is 1.96. The minimum atomic E-state index is 0. The molecule has 1 aromatic carbocycles. The molecule has 1 amide bonds. The van der Waals surface area contributed by atoms with Crippen LogP contribution < -0.4 is 15.4 Å². The third-order valence-electron chi connectivity index (χ3n) is 5.60. The van der Waals surface area contributed by atoms with Crippen molar-refractivity contribution in [1.82, 2.24) is 15.5 Å². The van der Waals surface area contributed by atoms with Gasteiger partial charge in [-0.2, -0.15) is 0 Å². The molecule has 1 saturated carbocycles. The first kappa shape index (κ1) is 23.8. The second-order valence-corrected chi connectivity index (χ2v) is 7.74.